The van der Waals surface area contributed by atoms with Gasteiger partial charge in [0.1, 0.15) is 6.10 Å². The van der Waals surface area contributed by atoms with E-state index in [4.69, 9.17) is 4.74 Å². The van der Waals surface area contributed by atoms with E-state index in [-0.39, 0.29) is 11.6 Å². The highest BCUT2D eigenvalue weighted by molar-refractivity contribution is 7.88. The molecule has 0 aliphatic heterocycles. The third-order valence-corrected chi connectivity index (χ3v) is 8.47. The first-order valence-corrected chi connectivity index (χ1v) is 14.3. The number of rotatable bonds is 8. The molecule has 1 aliphatic rings. The van der Waals surface area contributed by atoms with Crippen molar-refractivity contribution in [2.75, 3.05) is 12.8 Å². The zero-order chi connectivity index (χ0) is 27.8. The SMILES string of the molecule is Cc1[nH]c2ccc(CCN(C3CCCCC3)S(C)(=O)=O)cc2c1C(=O)OC(C)c1cc(F)c(F)c(F)c1F. The number of nitrogens with zero attached hydrogens (tertiary/aromatic N) is 1. The van der Waals surface area contributed by atoms with Crippen molar-refractivity contribution in [3.05, 3.63) is 69.9 Å². The Hall–Kier alpha value is -2.92. The number of nitrogens with one attached hydrogen (secondary N) is 1. The van der Waals surface area contributed by atoms with Crippen LogP contribution in [0.2, 0.25) is 0 Å². The zero-order valence-corrected chi connectivity index (χ0v) is 22.2. The number of aryl methyl sites for hydroxylation is 1. The largest absolute Gasteiger partial charge is 0.454 e. The van der Waals surface area contributed by atoms with E-state index >= 15 is 0 Å². The Bertz CT molecular complexity index is 1470. The monoisotopic (exact) mass is 554 g/mol. The topological polar surface area (TPSA) is 79.5 Å². The van der Waals surface area contributed by atoms with Gasteiger partial charge in [-0.2, -0.15) is 4.31 Å². The van der Waals surface area contributed by atoms with Gasteiger partial charge in [-0.05, 0) is 56.9 Å². The molecular weight excluding hydrogens is 524 g/mol. The number of aromatic nitrogens is 1. The second kappa shape index (κ2) is 11.1. The highest BCUT2D eigenvalue weighted by Crippen LogP contribution is 2.30. The molecule has 6 nitrogen and oxygen atoms in total. The van der Waals surface area contributed by atoms with Gasteiger partial charge in [0.25, 0.3) is 0 Å². The summed E-state index contributed by atoms with van der Waals surface area (Å²) in [6, 6.07) is 5.82. The molecule has 1 aromatic heterocycles. The van der Waals surface area contributed by atoms with Crippen LogP contribution >= 0.6 is 0 Å². The molecule has 11 heteroatoms. The lowest BCUT2D eigenvalue weighted by Crippen LogP contribution is -2.42. The van der Waals surface area contributed by atoms with Gasteiger partial charge in [-0.15, -0.1) is 0 Å². The molecule has 4 rings (SSSR count). The number of carbonyl (C=O) groups excluding carboxylic acids is 1. The number of carbonyl (C=O) groups is 1. The fourth-order valence-electron chi connectivity index (χ4n) is 5.19. The van der Waals surface area contributed by atoms with Gasteiger partial charge in [-0.3, -0.25) is 0 Å². The molecule has 1 N–H and O–H groups in total. The van der Waals surface area contributed by atoms with E-state index < -0.39 is 50.9 Å². The number of fused-ring (bicyclic) bond motifs is 1. The lowest BCUT2D eigenvalue weighted by Gasteiger charge is -2.32. The minimum atomic E-state index is -3.40. The first kappa shape index (κ1) is 28.1. The highest BCUT2D eigenvalue weighted by atomic mass is 32.2. The molecule has 0 radical (unpaired) electrons. The quantitative estimate of drug-likeness (QED) is 0.158. The van der Waals surface area contributed by atoms with E-state index in [1.165, 1.54) is 13.2 Å². The minimum absolute atomic E-state index is 0.0226. The number of ether oxygens (including phenoxy) is 1. The van der Waals surface area contributed by atoms with Crippen LogP contribution in [0, 0.1) is 30.2 Å². The number of sulfonamides is 1. The fourth-order valence-corrected chi connectivity index (χ4v) is 6.37. The number of hydrogen-bond donors (Lipinski definition) is 1. The molecule has 1 unspecified atom stereocenters. The van der Waals surface area contributed by atoms with Crippen LogP contribution in [-0.4, -0.2) is 42.5 Å². The molecule has 2 aromatic carbocycles. The lowest BCUT2D eigenvalue weighted by molar-refractivity contribution is 0.0330. The second-order valence-corrected chi connectivity index (χ2v) is 11.8. The van der Waals surface area contributed by atoms with Crippen molar-refractivity contribution in [1.29, 1.82) is 0 Å². The zero-order valence-electron chi connectivity index (χ0n) is 21.4. The molecule has 38 heavy (non-hydrogen) atoms. The molecule has 0 spiro atoms. The number of esters is 1. The van der Waals surface area contributed by atoms with E-state index in [1.807, 2.05) is 6.07 Å². The molecule has 1 atom stereocenters. The van der Waals surface area contributed by atoms with E-state index in [9.17, 15) is 30.8 Å². The van der Waals surface area contributed by atoms with Crippen molar-refractivity contribution in [2.24, 2.45) is 0 Å². The van der Waals surface area contributed by atoms with Crippen LogP contribution in [-0.2, 0) is 21.2 Å². The van der Waals surface area contributed by atoms with Gasteiger partial charge in [0.15, 0.2) is 23.3 Å². The number of H-pyrrole nitrogens is 1. The van der Waals surface area contributed by atoms with Crippen LogP contribution in [0.4, 0.5) is 17.6 Å². The summed E-state index contributed by atoms with van der Waals surface area (Å²) in [5.41, 5.74) is 1.42. The summed E-state index contributed by atoms with van der Waals surface area (Å²) in [5, 5.41) is 0.512. The normalized spacial score (nSPS) is 15.8. The summed E-state index contributed by atoms with van der Waals surface area (Å²) < 4.78 is 86.7. The van der Waals surface area contributed by atoms with Crippen molar-refractivity contribution >= 4 is 26.9 Å². The average Bonchev–Trinajstić information content (AvgIpc) is 3.19. The van der Waals surface area contributed by atoms with Crippen molar-refractivity contribution in [1.82, 2.24) is 9.29 Å². The maximum Gasteiger partial charge on any atom is 0.341 e. The molecule has 1 fully saturated rings. The van der Waals surface area contributed by atoms with E-state index in [2.05, 4.69) is 4.98 Å². The van der Waals surface area contributed by atoms with Gasteiger partial charge in [-0.25, -0.2) is 30.8 Å². The Kier molecular flexibility index (Phi) is 8.17. The van der Waals surface area contributed by atoms with Crippen LogP contribution in [0.25, 0.3) is 10.9 Å². The molecule has 0 saturated heterocycles. The molecule has 0 amide bonds. The molecular formula is C27H30F4N2O4S. The predicted molar refractivity (Wildman–Crippen MR) is 135 cm³/mol. The summed E-state index contributed by atoms with van der Waals surface area (Å²) in [4.78, 5) is 16.1. The number of halogens is 4. The van der Waals surface area contributed by atoms with Crippen LogP contribution in [0.3, 0.4) is 0 Å². The second-order valence-electron chi connectivity index (χ2n) is 9.86. The summed E-state index contributed by atoms with van der Waals surface area (Å²) in [6.07, 6.45) is 5.00. The van der Waals surface area contributed by atoms with Gasteiger partial charge in [0.2, 0.25) is 10.0 Å². The Balaban J connectivity index is 1.57. The highest BCUT2D eigenvalue weighted by Gasteiger charge is 2.29. The third kappa shape index (κ3) is 5.73. The predicted octanol–water partition coefficient (Wildman–Crippen LogP) is 6.09. The van der Waals surface area contributed by atoms with E-state index in [0.717, 1.165) is 37.7 Å². The van der Waals surface area contributed by atoms with Crippen molar-refractivity contribution < 1.29 is 35.5 Å². The molecule has 1 heterocycles. The third-order valence-electron chi connectivity index (χ3n) is 7.14. The molecule has 0 bridgehead atoms. The van der Waals surface area contributed by atoms with Crippen molar-refractivity contribution in [3.63, 3.8) is 0 Å². The number of benzene rings is 2. The summed E-state index contributed by atoms with van der Waals surface area (Å²) in [7, 11) is -3.40. The fraction of sp³-hybridized carbons (Fsp3) is 0.444. The summed E-state index contributed by atoms with van der Waals surface area (Å²) in [5.74, 6) is -8.00. The minimum Gasteiger partial charge on any atom is -0.454 e. The van der Waals surface area contributed by atoms with Crippen LogP contribution in [0.5, 0.6) is 0 Å². The maximum atomic E-state index is 14.2. The number of aromatic amines is 1. The first-order chi connectivity index (χ1) is 17.9. The number of hydrogen-bond acceptors (Lipinski definition) is 4. The Labute approximate surface area is 219 Å². The smallest absolute Gasteiger partial charge is 0.341 e. The maximum absolute atomic E-state index is 14.2. The van der Waals surface area contributed by atoms with Gasteiger partial charge < -0.3 is 9.72 Å². The first-order valence-electron chi connectivity index (χ1n) is 12.5. The summed E-state index contributed by atoms with van der Waals surface area (Å²) in [6.45, 7) is 3.18. The van der Waals surface area contributed by atoms with E-state index in [1.54, 1.807) is 23.4 Å². The van der Waals surface area contributed by atoms with Gasteiger partial charge >= 0.3 is 5.97 Å². The van der Waals surface area contributed by atoms with Gasteiger partial charge in [-0.1, -0.05) is 25.3 Å². The van der Waals surface area contributed by atoms with Gasteiger partial charge in [0, 0.05) is 34.7 Å². The van der Waals surface area contributed by atoms with E-state index in [0.29, 0.717) is 35.6 Å². The molecule has 1 aliphatic carbocycles. The Morgan fingerprint density at radius 1 is 1.08 bits per heavy atom. The molecule has 206 valence electrons. The van der Waals surface area contributed by atoms with Gasteiger partial charge in [0.05, 0.1) is 11.8 Å². The lowest BCUT2D eigenvalue weighted by atomic mass is 9.95. The molecule has 1 saturated carbocycles. The standard InChI is InChI=1S/C27H30F4N2O4S/c1-15-23(27(34)37-16(2)19-14-21(28)25(30)26(31)24(19)29)20-13-17(9-10-22(20)32-15)11-12-33(38(3,35)36)18-7-5-4-6-8-18/h9-10,13-14,16,18,32H,4-8,11-12H2,1-3H3. The molecule has 3 aromatic rings. The summed E-state index contributed by atoms with van der Waals surface area (Å²) >= 11 is 0. The van der Waals surface area contributed by atoms with Crippen molar-refractivity contribution in [2.45, 2.75) is 64.5 Å². The van der Waals surface area contributed by atoms with Crippen LogP contribution in [0.15, 0.2) is 24.3 Å². The Morgan fingerprint density at radius 3 is 2.42 bits per heavy atom. The van der Waals surface area contributed by atoms with Crippen molar-refractivity contribution in [3.8, 4) is 0 Å². The average molecular weight is 555 g/mol. The van der Waals surface area contributed by atoms with Crippen LogP contribution in [0.1, 0.15) is 72.3 Å². The van der Waals surface area contributed by atoms with Crippen LogP contribution < -0.4 is 0 Å². The Morgan fingerprint density at radius 2 is 1.76 bits per heavy atom.